The highest BCUT2D eigenvalue weighted by Gasteiger charge is 2.61. The molecule has 1 fully saturated rings. The minimum atomic E-state index is -0.0563. The van der Waals surface area contributed by atoms with E-state index in [1.165, 1.54) is 7.11 Å². The van der Waals surface area contributed by atoms with Gasteiger partial charge in [-0.25, -0.2) is 0 Å². The van der Waals surface area contributed by atoms with Crippen LogP contribution in [0.4, 0.5) is 0 Å². The van der Waals surface area contributed by atoms with Crippen molar-refractivity contribution in [1.29, 1.82) is 0 Å². The zero-order valence-corrected chi connectivity index (χ0v) is 9.89. The van der Waals surface area contributed by atoms with E-state index in [1.807, 2.05) is 17.8 Å². The van der Waals surface area contributed by atoms with Gasteiger partial charge in [-0.3, -0.25) is 4.79 Å². The summed E-state index contributed by atoms with van der Waals surface area (Å²) in [5.74, 6) is 2.50. The van der Waals surface area contributed by atoms with Gasteiger partial charge in [-0.2, -0.15) is 11.8 Å². The lowest BCUT2D eigenvalue weighted by atomic mass is 10.1. The fourth-order valence-electron chi connectivity index (χ4n) is 1.93. The van der Waals surface area contributed by atoms with Gasteiger partial charge >= 0.3 is 5.97 Å². The van der Waals surface area contributed by atoms with Crippen molar-refractivity contribution in [3.63, 3.8) is 0 Å². The molecular formula is C11H18O2S. The maximum atomic E-state index is 11.4. The van der Waals surface area contributed by atoms with Crippen LogP contribution in [0.2, 0.25) is 0 Å². The van der Waals surface area contributed by atoms with Crippen molar-refractivity contribution in [2.24, 2.45) is 17.3 Å². The van der Waals surface area contributed by atoms with Crippen LogP contribution in [0.3, 0.4) is 0 Å². The van der Waals surface area contributed by atoms with Gasteiger partial charge in [0.1, 0.15) is 0 Å². The van der Waals surface area contributed by atoms with E-state index in [0.717, 1.165) is 11.5 Å². The van der Waals surface area contributed by atoms with E-state index in [0.29, 0.717) is 5.92 Å². The number of hydrogen-bond acceptors (Lipinski definition) is 3. The summed E-state index contributed by atoms with van der Waals surface area (Å²) in [6.45, 7) is 7.94. The summed E-state index contributed by atoms with van der Waals surface area (Å²) in [5.41, 5.74) is 0.126. The fourth-order valence-corrected chi connectivity index (χ4v) is 3.11. The first kappa shape index (κ1) is 11.6. The van der Waals surface area contributed by atoms with Crippen molar-refractivity contribution in [3.8, 4) is 0 Å². The number of methoxy groups -OCH3 is 1. The summed E-state index contributed by atoms with van der Waals surface area (Å²) < 4.78 is 4.78. The number of hydrogen-bond donors (Lipinski definition) is 0. The minimum absolute atomic E-state index is 0.0563. The van der Waals surface area contributed by atoms with Crippen LogP contribution in [-0.4, -0.2) is 24.6 Å². The van der Waals surface area contributed by atoms with Gasteiger partial charge in [-0.15, -0.1) is 6.58 Å². The largest absolute Gasteiger partial charge is 0.469 e. The lowest BCUT2D eigenvalue weighted by molar-refractivity contribution is -0.143. The number of carbonyl (C=O) groups is 1. The van der Waals surface area contributed by atoms with Crippen LogP contribution in [0.15, 0.2) is 12.7 Å². The van der Waals surface area contributed by atoms with Gasteiger partial charge in [-0.1, -0.05) is 19.9 Å². The number of rotatable bonds is 5. The number of esters is 1. The van der Waals surface area contributed by atoms with Gasteiger partial charge in [0.2, 0.25) is 0 Å². The SMILES string of the molecule is C=CCSC[C@H]1[C@@H](C(=O)OC)C1(C)C. The summed E-state index contributed by atoms with van der Waals surface area (Å²) in [7, 11) is 1.46. The first-order chi connectivity index (χ1) is 6.55. The number of thioether (sulfide) groups is 1. The highest BCUT2D eigenvalue weighted by atomic mass is 32.2. The molecule has 2 atom stereocenters. The van der Waals surface area contributed by atoms with Gasteiger partial charge in [0, 0.05) is 5.75 Å². The van der Waals surface area contributed by atoms with E-state index < -0.39 is 0 Å². The van der Waals surface area contributed by atoms with Crippen LogP contribution in [-0.2, 0) is 9.53 Å². The molecule has 0 unspecified atom stereocenters. The molecule has 0 bridgehead atoms. The second kappa shape index (κ2) is 4.39. The number of carbonyl (C=O) groups excluding carboxylic acids is 1. The molecule has 0 aromatic heterocycles. The van der Waals surface area contributed by atoms with Crippen LogP contribution in [0.5, 0.6) is 0 Å². The first-order valence-electron chi connectivity index (χ1n) is 4.82. The zero-order valence-electron chi connectivity index (χ0n) is 9.08. The summed E-state index contributed by atoms with van der Waals surface area (Å²) in [6, 6.07) is 0. The standard InChI is InChI=1S/C11H18O2S/c1-5-6-14-7-8-9(10(12)13-4)11(8,2)3/h5,8-9H,1,6-7H2,2-4H3/t8-,9-/m0/s1. The maximum Gasteiger partial charge on any atom is 0.309 e. The average molecular weight is 214 g/mol. The molecule has 0 amide bonds. The van der Waals surface area contributed by atoms with Crippen molar-refractivity contribution in [3.05, 3.63) is 12.7 Å². The van der Waals surface area contributed by atoms with Crippen LogP contribution in [0, 0.1) is 17.3 Å². The number of ether oxygens (including phenoxy) is 1. The maximum absolute atomic E-state index is 11.4. The minimum Gasteiger partial charge on any atom is -0.469 e. The molecule has 0 spiro atoms. The third kappa shape index (κ3) is 2.14. The Morgan fingerprint density at radius 3 is 2.79 bits per heavy atom. The molecule has 0 heterocycles. The zero-order chi connectivity index (χ0) is 10.8. The molecule has 1 saturated carbocycles. The molecule has 1 aliphatic carbocycles. The van der Waals surface area contributed by atoms with E-state index >= 15 is 0 Å². The van der Waals surface area contributed by atoms with Crippen LogP contribution < -0.4 is 0 Å². The molecule has 14 heavy (non-hydrogen) atoms. The van der Waals surface area contributed by atoms with E-state index in [9.17, 15) is 4.79 Å². The molecule has 2 nitrogen and oxygen atoms in total. The normalized spacial score (nSPS) is 28.2. The molecular weight excluding hydrogens is 196 g/mol. The van der Waals surface area contributed by atoms with Crippen LogP contribution in [0.25, 0.3) is 0 Å². The molecule has 1 aliphatic rings. The lowest BCUT2D eigenvalue weighted by Crippen LogP contribution is -2.07. The predicted molar refractivity (Wildman–Crippen MR) is 60.3 cm³/mol. The van der Waals surface area contributed by atoms with Gasteiger partial charge in [0.05, 0.1) is 13.0 Å². The third-order valence-electron chi connectivity index (χ3n) is 3.04. The quantitative estimate of drug-likeness (QED) is 0.399. The summed E-state index contributed by atoms with van der Waals surface area (Å²) in [4.78, 5) is 11.4. The van der Waals surface area contributed by atoms with Crippen LogP contribution in [0.1, 0.15) is 13.8 Å². The average Bonchev–Trinajstić information content (AvgIpc) is 2.68. The second-order valence-electron chi connectivity index (χ2n) is 4.25. The molecule has 0 aromatic carbocycles. The molecule has 80 valence electrons. The Morgan fingerprint density at radius 2 is 2.29 bits per heavy atom. The monoisotopic (exact) mass is 214 g/mol. The van der Waals surface area contributed by atoms with Crippen molar-refractivity contribution < 1.29 is 9.53 Å². The van der Waals surface area contributed by atoms with Gasteiger partial charge in [0.15, 0.2) is 0 Å². The van der Waals surface area contributed by atoms with Crippen molar-refractivity contribution in [2.75, 3.05) is 18.6 Å². The highest BCUT2D eigenvalue weighted by Crippen LogP contribution is 2.59. The molecule has 0 radical (unpaired) electrons. The van der Waals surface area contributed by atoms with Crippen molar-refractivity contribution in [2.45, 2.75) is 13.8 Å². The third-order valence-corrected chi connectivity index (χ3v) is 4.10. The predicted octanol–water partition coefficient (Wildman–Crippen LogP) is 2.35. The smallest absolute Gasteiger partial charge is 0.309 e. The summed E-state index contributed by atoms with van der Waals surface area (Å²) >= 11 is 1.83. The summed E-state index contributed by atoms with van der Waals surface area (Å²) in [6.07, 6.45) is 1.90. The first-order valence-corrected chi connectivity index (χ1v) is 5.97. The summed E-state index contributed by atoms with van der Waals surface area (Å²) in [5, 5.41) is 0. The van der Waals surface area contributed by atoms with E-state index in [2.05, 4.69) is 20.4 Å². The molecule has 0 saturated heterocycles. The van der Waals surface area contributed by atoms with Gasteiger partial charge < -0.3 is 4.74 Å². The Bertz CT molecular complexity index is 235. The van der Waals surface area contributed by atoms with Crippen molar-refractivity contribution in [1.82, 2.24) is 0 Å². The second-order valence-corrected chi connectivity index (χ2v) is 5.33. The Labute approximate surface area is 90.1 Å². The van der Waals surface area contributed by atoms with E-state index in [1.54, 1.807) is 0 Å². The Kier molecular flexibility index (Phi) is 3.65. The Morgan fingerprint density at radius 1 is 1.64 bits per heavy atom. The van der Waals surface area contributed by atoms with E-state index in [-0.39, 0.29) is 17.3 Å². The molecule has 1 rings (SSSR count). The topological polar surface area (TPSA) is 26.3 Å². The van der Waals surface area contributed by atoms with Crippen molar-refractivity contribution >= 4 is 17.7 Å². The van der Waals surface area contributed by atoms with Gasteiger partial charge in [0.25, 0.3) is 0 Å². The molecule has 3 heteroatoms. The fraction of sp³-hybridized carbons (Fsp3) is 0.727. The lowest BCUT2D eigenvalue weighted by Gasteiger charge is -2.00. The van der Waals surface area contributed by atoms with Gasteiger partial charge in [-0.05, 0) is 17.1 Å². The molecule has 0 N–H and O–H groups in total. The van der Waals surface area contributed by atoms with E-state index in [4.69, 9.17) is 4.74 Å². The highest BCUT2D eigenvalue weighted by molar-refractivity contribution is 7.99. The van der Waals surface area contributed by atoms with Crippen LogP contribution >= 0.6 is 11.8 Å². The Hall–Kier alpha value is -0.440. The Balaban J connectivity index is 2.40. The molecule has 0 aromatic rings. The molecule has 0 aliphatic heterocycles.